The number of pyridine rings is 1. The van der Waals surface area contributed by atoms with Crippen LogP contribution in [0.3, 0.4) is 0 Å². The number of hydrogen-bond donors (Lipinski definition) is 0. The van der Waals surface area contributed by atoms with Crippen LogP contribution < -0.4 is 15.4 Å². The van der Waals surface area contributed by atoms with Crippen LogP contribution in [0, 0.1) is 0 Å². The van der Waals surface area contributed by atoms with Crippen LogP contribution >= 0.6 is 35.6 Å². The van der Waals surface area contributed by atoms with E-state index in [-0.39, 0.29) is 18.0 Å². The molecule has 3 aromatic heterocycles. The van der Waals surface area contributed by atoms with Gasteiger partial charge in [-0.05, 0) is 48.5 Å². The summed E-state index contributed by atoms with van der Waals surface area (Å²) in [5.41, 5.74) is 1.74. The van der Waals surface area contributed by atoms with Crippen molar-refractivity contribution >= 4 is 69.0 Å². The van der Waals surface area contributed by atoms with Crippen LogP contribution in [0.15, 0.2) is 81.2 Å². The molecule has 192 valence electrons. The maximum absolute atomic E-state index is 13.7. The Morgan fingerprint density at radius 3 is 2.61 bits per heavy atom. The normalized spacial score (nSPS) is 17.3. The zero-order chi connectivity index (χ0) is 26.2. The zero-order valence-corrected chi connectivity index (χ0v) is 22.5. The van der Waals surface area contributed by atoms with E-state index in [0.717, 1.165) is 18.8 Å². The first kappa shape index (κ1) is 24.7. The average Bonchev–Trinajstić information content (AvgIpc) is 3.54. The Morgan fingerprint density at radius 2 is 1.84 bits per heavy atom. The Hall–Kier alpha value is -3.60. The van der Waals surface area contributed by atoms with Gasteiger partial charge in [0.1, 0.15) is 21.5 Å². The third-order valence-electron chi connectivity index (χ3n) is 6.54. The summed E-state index contributed by atoms with van der Waals surface area (Å²) in [5.74, 6) is 0.933. The quantitative estimate of drug-likeness (QED) is 0.256. The first-order valence-electron chi connectivity index (χ1n) is 12.0. The molecule has 2 fully saturated rings. The number of benzene rings is 1. The van der Waals surface area contributed by atoms with Crippen LogP contribution in [0.2, 0.25) is 5.02 Å². The number of carbonyl (C=O) groups is 1. The van der Waals surface area contributed by atoms with Gasteiger partial charge in [-0.1, -0.05) is 47.7 Å². The summed E-state index contributed by atoms with van der Waals surface area (Å²) in [6, 6.07) is 16.8. The fourth-order valence-corrected chi connectivity index (χ4v) is 6.05. The summed E-state index contributed by atoms with van der Waals surface area (Å²) in [5, 5.41) is 0.695. The summed E-state index contributed by atoms with van der Waals surface area (Å²) in [6.07, 6.45) is 4.88. The second-order valence-electron chi connectivity index (χ2n) is 8.88. The third kappa shape index (κ3) is 4.70. The largest absolute Gasteiger partial charge is 0.467 e. The topological polar surface area (TPSA) is 74.3 Å². The highest BCUT2D eigenvalue weighted by molar-refractivity contribution is 8.26. The van der Waals surface area contributed by atoms with Crippen molar-refractivity contribution in [1.82, 2.24) is 14.3 Å². The maximum atomic E-state index is 13.7. The SMILES string of the molecule is O=C1C(=Cc2c(N3CCN(c4cccc(Cl)c4)CC3)nc3ccccn3c2=O)SC(=S)N1Cc1ccco1. The standard InChI is InChI=1S/C27H22ClN5O3S2/c28-18-5-3-6-19(15-18)30-10-12-31(13-11-30)24-21(25(34)32-9-2-1-8-23(32)29-24)16-22-26(35)33(27(37)38-22)17-20-7-4-14-36-20/h1-9,14-16H,10-13,17H2. The minimum Gasteiger partial charge on any atom is -0.467 e. The molecule has 0 unspecified atom stereocenters. The summed E-state index contributed by atoms with van der Waals surface area (Å²) in [6.45, 7) is 3.02. The molecule has 5 heterocycles. The van der Waals surface area contributed by atoms with Gasteiger partial charge < -0.3 is 14.2 Å². The number of fused-ring (bicyclic) bond motifs is 1. The van der Waals surface area contributed by atoms with Gasteiger partial charge in [-0.3, -0.25) is 18.9 Å². The molecule has 0 saturated carbocycles. The molecule has 2 aliphatic heterocycles. The van der Waals surface area contributed by atoms with Crippen molar-refractivity contribution in [3.05, 3.63) is 98.7 Å². The number of aromatic nitrogens is 2. The predicted molar refractivity (Wildman–Crippen MR) is 155 cm³/mol. The number of furan rings is 1. The van der Waals surface area contributed by atoms with E-state index < -0.39 is 0 Å². The molecule has 0 radical (unpaired) electrons. The van der Waals surface area contributed by atoms with Gasteiger partial charge in [0.2, 0.25) is 0 Å². The molecule has 2 aliphatic rings. The molecule has 1 aromatic carbocycles. The summed E-state index contributed by atoms with van der Waals surface area (Å²) in [4.78, 5) is 38.0. The Balaban J connectivity index is 1.34. The molecule has 1 amide bonds. The molecule has 0 N–H and O–H groups in total. The van der Waals surface area contributed by atoms with Gasteiger partial charge in [-0.2, -0.15) is 0 Å². The molecule has 2 saturated heterocycles. The molecule has 0 aliphatic carbocycles. The highest BCUT2D eigenvalue weighted by atomic mass is 35.5. The lowest BCUT2D eigenvalue weighted by atomic mass is 10.2. The van der Waals surface area contributed by atoms with Crippen LogP contribution in [-0.4, -0.2) is 50.7 Å². The fourth-order valence-electron chi connectivity index (χ4n) is 4.63. The number of piperazine rings is 1. The van der Waals surface area contributed by atoms with Gasteiger partial charge >= 0.3 is 0 Å². The molecular formula is C27H22ClN5O3S2. The van der Waals surface area contributed by atoms with Crippen LogP contribution in [0.1, 0.15) is 11.3 Å². The molecule has 0 bridgehead atoms. The van der Waals surface area contributed by atoms with Gasteiger partial charge in [0, 0.05) is 43.1 Å². The highest BCUT2D eigenvalue weighted by Crippen LogP contribution is 2.35. The average molecular weight is 564 g/mol. The van der Waals surface area contributed by atoms with Gasteiger partial charge in [0.05, 0.1) is 23.3 Å². The minimum absolute atomic E-state index is 0.237. The number of rotatable bonds is 5. The summed E-state index contributed by atoms with van der Waals surface area (Å²) >= 11 is 12.9. The second-order valence-corrected chi connectivity index (χ2v) is 11.0. The number of thiocarbonyl (C=S) groups is 1. The first-order valence-corrected chi connectivity index (χ1v) is 13.6. The van der Waals surface area contributed by atoms with E-state index in [0.29, 0.717) is 50.1 Å². The number of halogens is 1. The van der Waals surface area contributed by atoms with Crippen LogP contribution in [0.25, 0.3) is 11.7 Å². The Morgan fingerprint density at radius 1 is 1.03 bits per heavy atom. The lowest BCUT2D eigenvalue weighted by Crippen LogP contribution is -2.47. The highest BCUT2D eigenvalue weighted by Gasteiger charge is 2.34. The van der Waals surface area contributed by atoms with Gasteiger partial charge in [-0.25, -0.2) is 4.98 Å². The van der Waals surface area contributed by atoms with E-state index in [1.807, 2.05) is 30.3 Å². The molecule has 0 atom stereocenters. The van der Waals surface area contributed by atoms with E-state index in [2.05, 4.69) is 9.80 Å². The van der Waals surface area contributed by atoms with Crippen LogP contribution in [0.5, 0.6) is 0 Å². The Labute approximate surface area is 233 Å². The second kappa shape index (κ2) is 10.3. The van der Waals surface area contributed by atoms with E-state index in [9.17, 15) is 9.59 Å². The number of hydrogen-bond acceptors (Lipinski definition) is 8. The molecule has 6 rings (SSSR count). The first-order chi connectivity index (χ1) is 18.5. The van der Waals surface area contributed by atoms with Gasteiger partial charge in [0.25, 0.3) is 11.5 Å². The Bertz CT molecular complexity index is 1630. The number of thioether (sulfide) groups is 1. The third-order valence-corrected chi connectivity index (χ3v) is 8.16. The number of amides is 1. The van der Waals surface area contributed by atoms with Crippen molar-refractivity contribution in [3.8, 4) is 0 Å². The molecule has 0 spiro atoms. The minimum atomic E-state index is -0.259. The van der Waals surface area contributed by atoms with Gasteiger partial charge in [-0.15, -0.1) is 0 Å². The van der Waals surface area contributed by atoms with Crippen LogP contribution in [0.4, 0.5) is 11.5 Å². The number of carbonyl (C=O) groups excluding carboxylic acids is 1. The molecule has 4 aromatic rings. The predicted octanol–water partition coefficient (Wildman–Crippen LogP) is 4.67. The van der Waals surface area contributed by atoms with Gasteiger partial charge in [0.15, 0.2) is 0 Å². The van der Waals surface area contributed by atoms with Crippen molar-refractivity contribution in [3.63, 3.8) is 0 Å². The van der Waals surface area contributed by atoms with Crippen molar-refractivity contribution < 1.29 is 9.21 Å². The lowest BCUT2D eigenvalue weighted by Gasteiger charge is -2.37. The van der Waals surface area contributed by atoms with Crippen molar-refractivity contribution in [2.45, 2.75) is 6.54 Å². The number of nitrogens with zero attached hydrogens (tertiary/aromatic N) is 5. The molecule has 11 heteroatoms. The van der Waals surface area contributed by atoms with E-state index in [1.165, 1.54) is 21.1 Å². The monoisotopic (exact) mass is 563 g/mol. The Kier molecular flexibility index (Phi) is 6.69. The van der Waals surface area contributed by atoms with E-state index >= 15 is 0 Å². The molecule has 38 heavy (non-hydrogen) atoms. The van der Waals surface area contributed by atoms with Crippen LogP contribution in [-0.2, 0) is 11.3 Å². The summed E-state index contributed by atoms with van der Waals surface area (Å²) in [7, 11) is 0. The van der Waals surface area contributed by atoms with E-state index in [1.54, 1.807) is 42.8 Å². The van der Waals surface area contributed by atoms with Crippen molar-refractivity contribution in [1.29, 1.82) is 0 Å². The molecule has 8 nitrogen and oxygen atoms in total. The zero-order valence-electron chi connectivity index (χ0n) is 20.1. The fraction of sp³-hybridized carbons (Fsp3) is 0.185. The van der Waals surface area contributed by atoms with Crippen molar-refractivity contribution in [2.75, 3.05) is 36.0 Å². The lowest BCUT2D eigenvalue weighted by molar-refractivity contribution is -0.122. The maximum Gasteiger partial charge on any atom is 0.267 e. The summed E-state index contributed by atoms with van der Waals surface area (Å²) < 4.78 is 7.32. The smallest absolute Gasteiger partial charge is 0.267 e. The van der Waals surface area contributed by atoms with E-state index in [4.69, 9.17) is 33.2 Å². The number of anilines is 2. The molecular weight excluding hydrogens is 542 g/mol. The van der Waals surface area contributed by atoms with Crippen molar-refractivity contribution in [2.24, 2.45) is 0 Å².